The summed E-state index contributed by atoms with van der Waals surface area (Å²) < 4.78 is 10.7. The second-order valence-corrected chi connectivity index (χ2v) is 6.77. The third-order valence-corrected chi connectivity index (χ3v) is 5.00. The molecule has 6 nitrogen and oxygen atoms in total. The fourth-order valence-electron chi connectivity index (χ4n) is 3.59. The van der Waals surface area contributed by atoms with Gasteiger partial charge in [0.05, 0.1) is 26.4 Å². The van der Waals surface area contributed by atoms with Crippen LogP contribution in [0.1, 0.15) is 30.9 Å². The molecule has 2 atom stereocenters. The normalized spacial score (nSPS) is 20.9. The van der Waals surface area contributed by atoms with Crippen LogP contribution >= 0.6 is 24.8 Å². The van der Waals surface area contributed by atoms with Gasteiger partial charge >= 0.3 is 0 Å². The molecule has 0 aromatic heterocycles. The molecule has 0 aliphatic carbocycles. The van der Waals surface area contributed by atoms with Gasteiger partial charge in [-0.1, -0.05) is 12.1 Å². The van der Waals surface area contributed by atoms with Gasteiger partial charge in [0.1, 0.15) is 5.75 Å². The molecule has 1 aromatic rings. The number of nitrogens with zero attached hydrogens (tertiary/aromatic N) is 1. The van der Waals surface area contributed by atoms with Crippen molar-refractivity contribution < 1.29 is 14.3 Å². The van der Waals surface area contributed by atoms with Gasteiger partial charge in [-0.25, -0.2) is 0 Å². The standard InChI is InChI=1S/C19H29N3O3.2ClH/c1-24-17-6-4-15(5-7-17)18(22-9-2-3-10-22)13-21-19(23)12-16-14-25-11-8-20-16;;/h4-7,16,18,20H,2-3,8-14H2,1H3,(H,21,23);2*1H. The SMILES string of the molecule is COc1ccc(C(CNC(=O)CC2COCCN2)N2CCCC2)cc1.Cl.Cl. The molecular weight excluding hydrogens is 389 g/mol. The first-order valence-corrected chi connectivity index (χ1v) is 9.22. The van der Waals surface area contributed by atoms with Gasteiger partial charge in [-0.3, -0.25) is 9.69 Å². The van der Waals surface area contributed by atoms with E-state index >= 15 is 0 Å². The number of morpholine rings is 1. The van der Waals surface area contributed by atoms with E-state index in [4.69, 9.17) is 9.47 Å². The van der Waals surface area contributed by atoms with E-state index in [1.165, 1.54) is 18.4 Å². The zero-order chi connectivity index (χ0) is 17.5. The monoisotopic (exact) mass is 419 g/mol. The lowest BCUT2D eigenvalue weighted by Crippen LogP contribution is -2.45. The molecule has 8 heteroatoms. The predicted molar refractivity (Wildman–Crippen MR) is 111 cm³/mol. The number of hydrogen-bond donors (Lipinski definition) is 2. The van der Waals surface area contributed by atoms with Crippen LogP contribution in [0.25, 0.3) is 0 Å². The minimum Gasteiger partial charge on any atom is -0.497 e. The molecule has 0 radical (unpaired) electrons. The van der Waals surface area contributed by atoms with Crippen molar-refractivity contribution in [3.05, 3.63) is 29.8 Å². The van der Waals surface area contributed by atoms with E-state index in [9.17, 15) is 4.79 Å². The number of carbonyl (C=O) groups is 1. The molecule has 2 aliphatic rings. The number of carbonyl (C=O) groups excluding carboxylic acids is 1. The Hall–Kier alpha value is -1.05. The Morgan fingerprint density at radius 2 is 2.00 bits per heavy atom. The van der Waals surface area contributed by atoms with E-state index in [-0.39, 0.29) is 42.8 Å². The first-order valence-electron chi connectivity index (χ1n) is 9.22. The molecule has 0 bridgehead atoms. The topological polar surface area (TPSA) is 62.8 Å². The quantitative estimate of drug-likeness (QED) is 0.708. The van der Waals surface area contributed by atoms with E-state index < -0.39 is 0 Å². The van der Waals surface area contributed by atoms with Gasteiger partial charge in [-0.2, -0.15) is 0 Å². The molecule has 1 aromatic carbocycles. The molecule has 3 rings (SSSR count). The summed E-state index contributed by atoms with van der Waals surface area (Å²) in [6, 6.07) is 8.52. The maximum atomic E-state index is 12.3. The number of rotatable bonds is 7. The number of hydrogen-bond acceptors (Lipinski definition) is 5. The lowest BCUT2D eigenvalue weighted by atomic mass is 10.0. The molecule has 2 aliphatic heterocycles. The smallest absolute Gasteiger partial charge is 0.221 e. The van der Waals surface area contributed by atoms with Crippen LogP contribution in [0.3, 0.4) is 0 Å². The highest BCUT2D eigenvalue weighted by molar-refractivity contribution is 5.85. The summed E-state index contributed by atoms with van der Waals surface area (Å²) in [6.07, 6.45) is 2.92. The van der Waals surface area contributed by atoms with Crippen molar-refractivity contribution in [3.63, 3.8) is 0 Å². The van der Waals surface area contributed by atoms with E-state index in [0.29, 0.717) is 19.6 Å². The van der Waals surface area contributed by atoms with E-state index in [1.54, 1.807) is 7.11 Å². The molecular formula is C19H31Cl2N3O3. The number of amides is 1. The third kappa shape index (κ3) is 7.12. The molecule has 2 heterocycles. The number of likely N-dealkylation sites (tertiary alicyclic amines) is 1. The lowest BCUT2D eigenvalue weighted by Gasteiger charge is -2.29. The van der Waals surface area contributed by atoms with Gasteiger partial charge in [0.15, 0.2) is 0 Å². The Morgan fingerprint density at radius 1 is 1.30 bits per heavy atom. The van der Waals surface area contributed by atoms with E-state index in [0.717, 1.165) is 32.0 Å². The average Bonchev–Trinajstić information content (AvgIpc) is 3.18. The Balaban J connectivity index is 0.00000182. The summed E-state index contributed by atoms with van der Waals surface area (Å²) >= 11 is 0. The van der Waals surface area contributed by atoms with Gasteiger partial charge in [0, 0.05) is 25.6 Å². The summed E-state index contributed by atoms with van der Waals surface area (Å²) in [5, 5.41) is 6.45. The van der Waals surface area contributed by atoms with Crippen molar-refractivity contribution in [2.24, 2.45) is 0 Å². The summed E-state index contributed by atoms with van der Waals surface area (Å²) in [4.78, 5) is 14.8. The second kappa shape index (κ2) is 12.4. The average molecular weight is 420 g/mol. The van der Waals surface area contributed by atoms with Gasteiger partial charge in [-0.15, -0.1) is 24.8 Å². The van der Waals surface area contributed by atoms with Crippen LogP contribution in [-0.2, 0) is 9.53 Å². The minimum absolute atomic E-state index is 0. The number of methoxy groups -OCH3 is 1. The van der Waals surface area contributed by atoms with Crippen LogP contribution in [0.5, 0.6) is 5.75 Å². The second-order valence-electron chi connectivity index (χ2n) is 6.77. The van der Waals surface area contributed by atoms with Gasteiger partial charge in [0.25, 0.3) is 0 Å². The van der Waals surface area contributed by atoms with E-state index in [1.807, 2.05) is 12.1 Å². The Morgan fingerprint density at radius 3 is 2.59 bits per heavy atom. The van der Waals surface area contributed by atoms with Crippen LogP contribution < -0.4 is 15.4 Å². The van der Waals surface area contributed by atoms with Crippen LogP contribution in [0, 0.1) is 0 Å². The van der Waals surface area contributed by atoms with Crippen molar-refractivity contribution in [2.75, 3.05) is 46.5 Å². The maximum Gasteiger partial charge on any atom is 0.221 e. The molecule has 2 saturated heterocycles. The third-order valence-electron chi connectivity index (χ3n) is 5.00. The van der Waals surface area contributed by atoms with Crippen LogP contribution in [0.2, 0.25) is 0 Å². The highest BCUT2D eigenvalue weighted by atomic mass is 35.5. The maximum absolute atomic E-state index is 12.3. The number of nitrogens with one attached hydrogen (secondary N) is 2. The largest absolute Gasteiger partial charge is 0.497 e. The van der Waals surface area contributed by atoms with Gasteiger partial charge < -0.3 is 20.1 Å². The molecule has 2 unspecified atom stereocenters. The molecule has 0 saturated carbocycles. The number of benzene rings is 1. The number of halogens is 2. The Bertz CT molecular complexity index is 548. The van der Waals surface area contributed by atoms with Crippen LogP contribution in [0.15, 0.2) is 24.3 Å². The zero-order valence-corrected chi connectivity index (χ0v) is 17.4. The summed E-state index contributed by atoms with van der Waals surface area (Å²) in [7, 11) is 1.68. The zero-order valence-electron chi connectivity index (χ0n) is 15.8. The van der Waals surface area contributed by atoms with Crippen molar-refractivity contribution >= 4 is 30.7 Å². The highest BCUT2D eigenvalue weighted by Crippen LogP contribution is 2.26. The Labute approximate surface area is 174 Å². The fourth-order valence-corrected chi connectivity index (χ4v) is 3.59. The van der Waals surface area contributed by atoms with Crippen LogP contribution in [0.4, 0.5) is 0 Å². The van der Waals surface area contributed by atoms with Crippen LogP contribution in [-0.4, -0.2) is 63.4 Å². The molecule has 27 heavy (non-hydrogen) atoms. The van der Waals surface area contributed by atoms with Crippen molar-refractivity contribution in [1.82, 2.24) is 15.5 Å². The first-order chi connectivity index (χ1) is 12.3. The van der Waals surface area contributed by atoms with E-state index in [2.05, 4.69) is 27.7 Å². The predicted octanol–water partition coefficient (Wildman–Crippen LogP) is 2.17. The first kappa shape index (κ1) is 24.0. The molecule has 2 fully saturated rings. The van der Waals surface area contributed by atoms with Gasteiger partial charge in [-0.05, 0) is 43.6 Å². The number of ether oxygens (including phenoxy) is 2. The Kier molecular flexibility index (Phi) is 11.0. The summed E-state index contributed by atoms with van der Waals surface area (Å²) in [5.41, 5.74) is 1.22. The summed E-state index contributed by atoms with van der Waals surface area (Å²) in [6.45, 7) is 4.97. The van der Waals surface area contributed by atoms with Crippen molar-refractivity contribution in [2.45, 2.75) is 31.3 Å². The lowest BCUT2D eigenvalue weighted by molar-refractivity contribution is -0.122. The van der Waals surface area contributed by atoms with Crippen molar-refractivity contribution in [3.8, 4) is 5.75 Å². The molecule has 0 spiro atoms. The van der Waals surface area contributed by atoms with Gasteiger partial charge in [0.2, 0.25) is 5.91 Å². The molecule has 1 amide bonds. The fraction of sp³-hybridized carbons (Fsp3) is 0.632. The highest BCUT2D eigenvalue weighted by Gasteiger charge is 2.24. The summed E-state index contributed by atoms with van der Waals surface area (Å²) in [5.74, 6) is 0.942. The van der Waals surface area contributed by atoms with Crippen molar-refractivity contribution in [1.29, 1.82) is 0 Å². The molecule has 2 N–H and O–H groups in total. The molecule has 154 valence electrons. The minimum atomic E-state index is 0.